The number of H-pyrrole nitrogens is 2. The van der Waals surface area contributed by atoms with Gasteiger partial charge in [0, 0.05) is 18.8 Å². The maximum atomic E-state index is 11.6. The number of rotatable bonds is 1. The second-order valence-corrected chi connectivity index (χ2v) is 3.93. The number of nitrogens with zero attached hydrogens (tertiary/aromatic N) is 1. The molecule has 5 nitrogen and oxygen atoms in total. The first-order valence-electron chi connectivity index (χ1n) is 5.26. The van der Waals surface area contributed by atoms with Crippen LogP contribution in [-0.2, 0) is 0 Å². The summed E-state index contributed by atoms with van der Waals surface area (Å²) in [6, 6.07) is 0. The normalized spacial score (nSPS) is 16.7. The fraction of sp³-hybridized carbons (Fsp3) is 0.600. The highest BCUT2D eigenvalue weighted by Crippen LogP contribution is 2.17. The molecule has 1 aromatic rings. The molecule has 0 spiro atoms. The largest absolute Gasteiger partial charge is 0.366 e. The molecule has 0 saturated carbocycles. The van der Waals surface area contributed by atoms with Gasteiger partial charge < -0.3 is 9.88 Å². The maximum Gasteiger partial charge on any atom is 0.326 e. The van der Waals surface area contributed by atoms with E-state index < -0.39 is 5.69 Å². The number of hydrogen-bond acceptors (Lipinski definition) is 3. The predicted molar refractivity (Wildman–Crippen MR) is 58.5 cm³/mol. The molecule has 0 radical (unpaired) electrons. The van der Waals surface area contributed by atoms with Crippen LogP contribution in [0.1, 0.15) is 25.0 Å². The topological polar surface area (TPSA) is 69.0 Å². The Hall–Kier alpha value is -1.52. The first-order valence-corrected chi connectivity index (χ1v) is 5.26. The fourth-order valence-electron chi connectivity index (χ4n) is 2.09. The van der Waals surface area contributed by atoms with Gasteiger partial charge in [-0.2, -0.15) is 0 Å². The quantitative estimate of drug-likeness (QED) is 0.701. The Morgan fingerprint density at radius 1 is 1.07 bits per heavy atom. The monoisotopic (exact) mass is 209 g/mol. The van der Waals surface area contributed by atoms with Crippen LogP contribution in [0.2, 0.25) is 0 Å². The number of aryl methyl sites for hydroxylation is 1. The van der Waals surface area contributed by atoms with E-state index in [1.54, 1.807) is 6.92 Å². The highest BCUT2D eigenvalue weighted by atomic mass is 16.2. The van der Waals surface area contributed by atoms with Crippen molar-refractivity contribution in [3.63, 3.8) is 0 Å². The van der Waals surface area contributed by atoms with E-state index in [9.17, 15) is 9.59 Å². The average Bonchev–Trinajstić information content (AvgIpc) is 2.17. The molecule has 1 aliphatic heterocycles. The Bertz CT molecular complexity index is 454. The van der Waals surface area contributed by atoms with Gasteiger partial charge in [-0.05, 0) is 26.2 Å². The summed E-state index contributed by atoms with van der Waals surface area (Å²) in [5.74, 6) is 0. The van der Waals surface area contributed by atoms with E-state index in [2.05, 4.69) is 9.97 Å². The minimum absolute atomic E-state index is 0.279. The molecule has 1 saturated heterocycles. The van der Waals surface area contributed by atoms with Crippen LogP contribution >= 0.6 is 0 Å². The number of aromatic nitrogens is 2. The van der Waals surface area contributed by atoms with Crippen LogP contribution < -0.4 is 16.1 Å². The molecule has 0 unspecified atom stereocenters. The highest BCUT2D eigenvalue weighted by Gasteiger charge is 2.16. The Labute approximate surface area is 87.1 Å². The number of nitrogens with one attached hydrogen (secondary N) is 2. The maximum absolute atomic E-state index is 11.6. The van der Waals surface area contributed by atoms with Gasteiger partial charge in [-0.1, -0.05) is 0 Å². The van der Waals surface area contributed by atoms with Crippen LogP contribution in [0.3, 0.4) is 0 Å². The van der Waals surface area contributed by atoms with E-state index in [1.807, 2.05) is 4.90 Å². The molecule has 1 fully saturated rings. The van der Waals surface area contributed by atoms with Crippen molar-refractivity contribution >= 4 is 5.69 Å². The third kappa shape index (κ3) is 1.95. The van der Waals surface area contributed by atoms with Gasteiger partial charge in [-0.25, -0.2) is 4.79 Å². The van der Waals surface area contributed by atoms with Gasteiger partial charge >= 0.3 is 5.69 Å². The molecule has 2 rings (SSSR count). The molecular weight excluding hydrogens is 194 g/mol. The molecule has 15 heavy (non-hydrogen) atoms. The van der Waals surface area contributed by atoms with Gasteiger partial charge in [0.2, 0.25) is 0 Å². The van der Waals surface area contributed by atoms with Crippen molar-refractivity contribution in [2.45, 2.75) is 26.2 Å². The molecule has 0 amide bonds. The standard InChI is InChI=1S/C10H15N3O2/c1-7-8(9(14)12-10(15)11-7)13-5-3-2-4-6-13/h2-6H2,1H3,(H2,11,12,14,15). The second kappa shape index (κ2) is 3.92. The van der Waals surface area contributed by atoms with Crippen LogP contribution in [0.25, 0.3) is 0 Å². The molecule has 1 aromatic heterocycles. The summed E-state index contributed by atoms with van der Waals surface area (Å²) in [5, 5.41) is 0. The summed E-state index contributed by atoms with van der Waals surface area (Å²) in [6.07, 6.45) is 3.44. The summed E-state index contributed by atoms with van der Waals surface area (Å²) in [6.45, 7) is 3.56. The molecule has 0 aliphatic carbocycles. The van der Waals surface area contributed by atoms with Crippen molar-refractivity contribution in [1.82, 2.24) is 9.97 Å². The highest BCUT2D eigenvalue weighted by molar-refractivity contribution is 5.48. The van der Waals surface area contributed by atoms with Gasteiger partial charge in [-0.3, -0.25) is 9.78 Å². The molecule has 82 valence electrons. The summed E-state index contributed by atoms with van der Waals surface area (Å²) in [7, 11) is 0. The minimum Gasteiger partial charge on any atom is -0.366 e. The second-order valence-electron chi connectivity index (χ2n) is 3.93. The molecule has 0 bridgehead atoms. The smallest absolute Gasteiger partial charge is 0.326 e. The minimum atomic E-state index is -0.432. The Morgan fingerprint density at radius 2 is 1.73 bits per heavy atom. The lowest BCUT2D eigenvalue weighted by Crippen LogP contribution is -2.37. The van der Waals surface area contributed by atoms with Crippen LogP contribution in [0, 0.1) is 6.92 Å². The van der Waals surface area contributed by atoms with Crippen LogP contribution in [-0.4, -0.2) is 23.1 Å². The van der Waals surface area contributed by atoms with Crippen LogP contribution in [0.5, 0.6) is 0 Å². The number of aromatic amines is 2. The number of piperidine rings is 1. The summed E-state index contributed by atoms with van der Waals surface area (Å²) in [5.41, 5.74) is 0.566. The van der Waals surface area contributed by atoms with Crippen molar-refractivity contribution in [3.8, 4) is 0 Å². The Kier molecular flexibility index (Phi) is 2.62. The van der Waals surface area contributed by atoms with Gasteiger partial charge in [0.05, 0.1) is 0 Å². The van der Waals surface area contributed by atoms with Crippen molar-refractivity contribution in [3.05, 3.63) is 26.5 Å². The fourth-order valence-corrected chi connectivity index (χ4v) is 2.09. The molecular formula is C10H15N3O2. The molecule has 0 atom stereocenters. The van der Waals surface area contributed by atoms with E-state index in [4.69, 9.17) is 0 Å². The van der Waals surface area contributed by atoms with Crippen molar-refractivity contribution < 1.29 is 0 Å². The summed E-state index contributed by atoms with van der Waals surface area (Å²) < 4.78 is 0. The predicted octanol–water partition coefficient (Wildman–Crippen LogP) is 0.362. The molecule has 2 N–H and O–H groups in total. The lowest BCUT2D eigenvalue weighted by Gasteiger charge is -2.28. The van der Waals surface area contributed by atoms with Gasteiger partial charge in [-0.15, -0.1) is 0 Å². The Morgan fingerprint density at radius 3 is 2.33 bits per heavy atom. The Balaban J connectivity index is 2.42. The van der Waals surface area contributed by atoms with E-state index in [0.29, 0.717) is 11.4 Å². The summed E-state index contributed by atoms with van der Waals surface area (Å²) >= 11 is 0. The first-order chi connectivity index (χ1) is 7.18. The summed E-state index contributed by atoms with van der Waals surface area (Å²) in [4.78, 5) is 29.6. The number of hydrogen-bond donors (Lipinski definition) is 2. The lowest BCUT2D eigenvalue weighted by atomic mass is 10.1. The molecule has 5 heteroatoms. The van der Waals surface area contributed by atoms with Gasteiger partial charge in [0.25, 0.3) is 5.56 Å². The average molecular weight is 209 g/mol. The van der Waals surface area contributed by atoms with E-state index in [1.165, 1.54) is 6.42 Å². The van der Waals surface area contributed by atoms with Crippen LogP contribution in [0.4, 0.5) is 5.69 Å². The van der Waals surface area contributed by atoms with E-state index >= 15 is 0 Å². The third-order valence-electron chi connectivity index (χ3n) is 2.77. The van der Waals surface area contributed by atoms with Gasteiger partial charge in [0.1, 0.15) is 5.69 Å². The lowest BCUT2D eigenvalue weighted by molar-refractivity contribution is 0.573. The van der Waals surface area contributed by atoms with E-state index in [-0.39, 0.29) is 5.56 Å². The van der Waals surface area contributed by atoms with Crippen LogP contribution in [0.15, 0.2) is 9.59 Å². The zero-order valence-corrected chi connectivity index (χ0v) is 8.80. The first kappa shape index (κ1) is 10.0. The van der Waals surface area contributed by atoms with Crippen molar-refractivity contribution in [2.75, 3.05) is 18.0 Å². The molecule has 2 heterocycles. The third-order valence-corrected chi connectivity index (χ3v) is 2.77. The zero-order chi connectivity index (χ0) is 10.8. The number of anilines is 1. The molecule has 0 aromatic carbocycles. The van der Waals surface area contributed by atoms with E-state index in [0.717, 1.165) is 25.9 Å². The SMILES string of the molecule is Cc1[nH]c(=O)[nH]c(=O)c1N1CCCCC1. The van der Waals surface area contributed by atoms with Gasteiger partial charge in [0.15, 0.2) is 0 Å². The van der Waals surface area contributed by atoms with Crippen molar-refractivity contribution in [1.29, 1.82) is 0 Å². The molecule has 1 aliphatic rings. The van der Waals surface area contributed by atoms with Crippen molar-refractivity contribution in [2.24, 2.45) is 0 Å². The zero-order valence-electron chi connectivity index (χ0n) is 8.80.